The van der Waals surface area contributed by atoms with Gasteiger partial charge in [-0.15, -0.1) is 34.0 Å². The van der Waals surface area contributed by atoms with Gasteiger partial charge in [0, 0.05) is 66.7 Å². The van der Waals surface area contributed by atoms with Crippen molar-refractivity contribution in [3.05, 3.63) is 94.7 Å². The van der Waals surface area contributed by atoms with Crippen molar-refractivity contribution in [3.63, 3.8) is 0 Å². The molecule has 0 saturated carbocycles. The van der Waals surface area contributed by atoms with E-state index in [1.807, 2.05) is 34.0 Å². The number of H-pyrrole nitrogens is 1. The van der Waals surface area contributed by atoms with Crippen LogP contribution in [-0.4, -0.2) is 4.98 Å². The predicted molar refractivity (Wildman–Crippen MR) is 195 cm³/mol. The lowest BCUT2D eigenvalue weighted by Crippen LogP contribution is -1.82. The van der Waals surface area contributed by atoms with Crippen LogP contribution < -0.4 is 0 Å². The third kappa shape index (κ3) is 4.90. The highest BCUT2D eigenvalue weighted by Crippen LogP contribution is 2.43. The molecule has 0 unspecified atom stereocenters. The van der Waals surface area contributed by atoms with Gasteiger partial charge < -0.3 is 4.98 Å². The molecule has 1 N–H and O–H groups in total. The van der Waals surface area contributed by atoms with Crippen LogP contribution in [0.3, 0.4) is 0 Å². The van der Waals surface area contributed by atoms with Crippen molar-refractivity contribution in [3.8, 4) is 20.9 Å². The topological polar surface area (TPSA) is 15.8 Å². The summed E-state index contributed by atoms with van der Waals surface area (Å²) in [5, 5.41) is 7.96. The average molecular weight is 614 g/mol. The van der Waals surface area contributed by atoms with E-state index in [4.69, 9.17) is 0 Å². The molecule has 43 heavy (non-hydrogen) atoms. The van der Waals surface area contributed by atoms with Gasteiger partial charge in [0.05, 0.1) is 5.52 Å². The van der Waals surface area contributed by atoms with E-state index in [1.165, 1.54) is 128 Å². The zero-order chi connectivity index (χ0) is 28.9. The number of hydrogen-bond donors (Lipinski definition) is 1. The molecule has 0 radical (unpaired) electrons. The lowest BCUT2D eigenvalue weighted by atomic mass is 10.0. The normalized spacial score (nSPS) is 12.1. The van der Waals surface area contributed by atoms with Crippen molar-refractivity contribution in [2.45, 2.75) is 58.8 Å². The summed E-state index contributed by atoms with van der Waals surface area (Å²) in [5.41, 5.74) is 5.07. The summed E-state index contributed by atoms with van der Waals surface area (Å²) in [6.07, 6.45) is 9.35. The monoisotopic (exact) mass is 613 g/mol. The van der Waals surface area contributed by atoms with E-state index in [2.05, 4.69) is 104 Å². The molecule has 0 amide bonds. The van der Waals surface area contributed by atoms with E-state index in [-0.39, 0.29) is 0 Å². The van der Waals surface area contributed by atoms with E-state index < -0.39 is 0 Å². The SMILES string of the molecule is CCCCCCCCc1ccc(-c2ccc3c(c2)sc2c3ccc3c2ccc2c4ccc(-c5ccc(C)s5)cc4[nH]c23)s1. The van der Waals surface area contributed by atoms with E-state index in [0.29, 0.717) is 0 Å². The Morgan fingerprint density at radius 3 is 2.02 bits per heavy atom. The molecular weight excluding hydrogens is 579 g/mol. The van der Waals surface area contributed by atoms with Crippen molar-refractivity contribution in [1.29, 1.82) is 0 Å². The first kappa shape index (κ1) is 27.1. The second-order valence-corrected chi connectivity index (χ2v) is 15.4. The first-order chi connectivity index (χ1) is 21.2. The highest BCUT2D eigenvalue weighted by atomic mass is 32.1. The Morgan fingerprint density at radius 2 is 1.21 bits per heavy atom. The van der Waals surface area contributed by atoms with Crippen molar-refractivity contribution in [2.24, 2.45) is 0 Å². The molecular formula is C39H35NS3. The van der Waals surface area contributed by atoms with Gasteiger partial charge in [0.1, 0.15) is 0 Å². The number of thiophene rings is 3. The molecule has 4 heterocycles. The quantitative estimate of drug-likeness (QED) is 0.156. The zero-order valence-corrected chi connectivity index (χ0v) is 27.2. The molecule has 0 atom stereocenters. The standard InChI is InChI=1S/C39H35NS3/c1-3-4-5-6-7-8-9-27-13-21-36(42-27)26-12-15-29-32-18-17-31-33(39(32)43-37(29)23-26)19-16-30-28-14-11-25(22-34(28)40-38(30)31)35-20-10-24(2)41-35/h10-23,40H,3-9H2,1-2H3. The molecule has 0 aliphatic rings. The summed E-state index contributed by atoms with van der Waals surface area (Å²) in [5.74, 6) is 0. The second kappa shape index (κ2) is 11.2. The molecule has 8 aromatic rings. The maximum absolute atomic E-state index is 3.81. The number of aromatic amines is 1. The Hall–Kier alpha value is -3.44. The fourth-order valence-corrected chi connectivity index (χ4v) is 9.84. The summed E-state index contributed by atoms with van der Waals surface area (Å²) < 4.78 is 2.76. The number of nitrogens with one attached hydrogen (secondary N) is 1. The molecule has 1 nitrogen and oxygen atoms in total. The molecule has 214 valence electrons. The minimum atomic E-state index is 1.21. The van der Waals surface area contributed by atoms with Gasteiger partial charge in [-0.2, -0.15) is 0 Å². The maximum atomic E-state index is 3.81. The first-order valence-corrected chi connectivity index (χ1v) is 18.1. The first-order valence-electron chi connectivity index (χ1n) is 15.7. The highest BCUT2D eigenvalue weighted by molar-refractivity contribution is 7.26. The molecule has 0 aliphatic heterocycles. The fraction of sp³-hybridized carbons (Fsp3) is 0.231. The van der Waals surface area contributed by atoms with E-state index in [9.17, 15) is 0 Å². The third-order valence-corrected chi connectivity index (χ3v) is 12.4. The Balaban J connectivity index is 1.13. The number of unbranched alkanes of at least 4 members (excludes halogenated alkanes) is 5. The van der Waals surface area contributed by atoms with Crippen LogP contribution in [-0.2, 0) is 6.42 Å². The third-order valence-electron chi connectivity index (χ3n) is 8.95. The summed E-state index contributed by atoms with van der Waals surface area (Å²) in [7, 11) is 0. The smallest absolute Gasteiger partial charge is 0.0545 e. The van der Waals surface area contributed by atoms with Crippen LogP contribution in [0.1, 0.15) is 55.2 Å². The summed E-state index contributed by atoms with van der Waals surface area (Å²) in [6, 6.07) is 32.4. The number of hydrogen-bond acceptors (Lipinski definition) is 3. The van der Waals surface area contributed by atoms with E-state index in [0.717, 1.165) is 0 Å². The molecule has 0 aliphatic carbocycles. The van der Waals surface area contributed by atoms with E-state index in [1.54, 1.807) is 0 Å². The van der Waals surface area contributed by atoms with Gasteiger partial charge in [-0.1, -0.05) is 87.6 Å². The van der Waals surface area contributed by atoms with Crippen LogP contribution in [0.5, 0.6) is 0 Å². The van der Waals surface area contributed by atoms with Crippen LogP contribution in [0, 0.1) is 6.92 Å². The van der Waals surface area contributed by atoms with Gasteiger partial charge in [0.25, 0.3) is 0 Å². The van der Waals surface area contributed by atoms with Crippen molar-refractivity contribution >= 4 is 86.8 Å². The zero-order valence-electron chi connectivity index (χ0n) is 24.8. The number of fused-ring (bicyclic) bond motifs is 9. The predicted octanol–water partition coefficient (Wildman–Crippen LogP) is 13.5. The van der Waals surface area contributed by atoms with Crippen LogP contribution in [0.2, 0.25) is 0 Å². The van der Waals surface area contributed by atoms with Gasteiger partial charge in [0.15, 0.2) is 0 Å². The Bertz CT molecular complexity index is 2250. The molecule has 4 aromatic heterocycles. The fourth-order valence-electron chi connectivity index (χ4n) is 6.66. The summed E-state index contributed by atoms with van der Waals surface area (Å²) >= 11 is 5.77. The summed E-state index contributed by atoms with van der Waals surface area (Å²) in [4.78, 5) is 9.39. The molecule has 0 fully saturated rings. The molecule has 0 spiro atoms. The maximum Gasteiger partial charge on any atom is 0.0545 e. The molecule has 0 saturated heterocycles. The average Bonchev–Trinajstić information content (AvgIpc) is 3.82. The number of rotatable bonds is 9. The Kier molecular flexibility index (Phi) is 7.09. The van der Waals surface area contributed by atoms with Gasteiger partial charge in [-0.3, -0.25) is 0 Å². The van der Waals surface area contributed by atoms with Crippen molar-refractivity contribution in [1.82, 2.24) is 4.98 Å². The van der Waals surface area contributed by atoms with Crippen molar-refractivity contribution in [2.75, 3.05) is 0 Å². The molecule has 0 bridgehead atoms. The van der Waals surface area contributed by atoms with Crippen molar-refractivity contribution < 1.29 is 0 Å². The molecule has 4 heteroatoms. The van der Waals surface area contributed by atoms with Crippen LogP contribution >= 0.6 is 34.0 Å². The van der Waals surface area contributed by atoms with Crippen LogP contribution in [0.4, 0.5) is 0 Å². The number of benzene rings is 4. The minimum absolute atomic E-state index is 1.21. The molecule has 8 rings (SSSR count). The summed E-state index contributed by atoms with van der Waals surface area (Å²) in [6.45, 7) is 4.46. The largest absolute Gasteiger partial charge is 0.354 e. The second-order valence-electron chi connectivity index (χ2n) is 11.9. The highest BCUT2D eigenvalue weighted by Gasteiger charge is 2.15. The van der Waals surface area contributed by atoms with Gasteiger partial charge in [-0.05, 0) is 67.3 Å². The Labute approximate surface area is 264 Å². The molecule has 4 aromatic carbocycles. The number of aryl methyl sites for hydroxylation is 2. The van der Waals surface area contributed by atoms with Gasteiger partial charge in [0.2, 0.25) is 0 Å². The minimum Gasteiger partial charge on any atom is -0.354 e. The lowest BCUT2D eigenvalue weighted by Gasteiger charge is -2.02. The van der Waals surface area contributed by atoms with E-state index >= 15 is 0 Å². The van der Waals surface area contributed by atoms with Gasteiger partial charge >= 0.3 is 0 Å². The van der Waals surface area contributed by atoms with Gasteiger partial charge in [-0.25, -0.2) is 0 Å². The lowest BCUT2D eigenvalue weighted by molar-refractivity contribution is 0.609. The van der Waals surface area contributed by atoms with Crippen LogP contribution in [0.25, 0.3) is 73.6 Å². The Morgan fingerprint density at radius 1 is 0.558 bits per heavy atom. The van der Waals surface area contributed by atoms with Crippen LogP contribution in [0.15, 0.2) is 84.9 Å². The number of aromatic nitrogens is 1.